The first-order valence-electron chi connectivity index (χ1n) is 6.08. The number of benzene rings is 1. The Balaban J connectivity index is 2.87. The zero-order valence-corrected chi connectivity index (χ0v) is 11.8. The van der Waals surface area contributed by atoms with Gasteiger partial charge in [0.25, 0.3) is 0 Å². The lowest BCUT2D eigenvalue weighted by atomic mass is 10.1. The van der Waals surface area contributed by atoms with Gasteiger partial charge >= 0.3 is 0 Å². The number of hydrogen-bond acceptors (Lipinski definition) is 4. The fraction of sp³-hybridized carbons (Fsp3) is 0.571. The predicted octanol–water partition coefficient (Wildman–Crippen LogP) is 2.13. The van der Waals surface area contributed by atoms with Crippen molar-refractivity contribution in [2.75, 3.05) is 20.8 Å². The smallest absolute Gasteiger partial charge is 0.161 e. The van der Waals surface area contributed by atoms with Crippen LogP contribution in [0.3, 0.4) is 0 Å². The lowest BCUT2D eigenvalue weighted by Gasteiger charge is -2.20. The summed E-state index contributed by atoms with van der Waals surface area (Å²) in [6, 6.07) is 6.06. The van der Waals surface area contributed by atoms with Gasteiger partial charge in [0.15, 0.2) is 11.5 Å². The van der Waals surface area contributed by atoms with Crippen LogP contribution in [0.1, 0.15) is 32.4 Å². The highest BCUT2D eigenvalue weighted by Crippen LogP contribution is 2.30. The van der Waals surface area contributed by atoms with E-state index in [1.54, 1.807) is 21.0 Å². The molecule has 0 spiro atoms. The van der Waals surface area contributed by atoms with Crippen molar-refractivity contribution in [1.82, 2.24) is 5.32 Å². The van der Waals surface area contributed by atoms with Crippen LogP contribution in [0.25, 0.3) is 0 Å². The Labute approximate surface area is 109 Å². The van der Waals surface area contributed by atoms with E-state index in [4.69, 9.17) is 9.47 Å². The molecule has 4 heteroatoms. The summed E-state index contributed by atoms with van der Waals surface area (Å²) in [6.45, 7) is 5.71. The second-order valence-corrected chi connectivity index (χ2v) is 5.02. The van der Waals surface area contributed by atoms with E-state index in [-0.39, 0.29) is 12.6 Å². The molecule has 1 atom stereocenters. The highest BCUT2D eigenvalue weighted by molar-refractivity contribution is 5.43. The Morgan fingerprint density at radius 3 is 2.50 bits per heavy atom. The van der Waals surface area contributed by atoms with Gasteiger partial charge in [0, 0.05) is 6.04 Å². The minimum Gasteiger partial charge on any atom is -0.493 e. The number of nitrogens with one attached hydrogen (secondary N) is 1. The number of hydrogen-bond donors (Lipinski definition) is 2. The molecule has 4 nitrogen and oxygen atoms in total. The normalized spacial score (nSPS) is 13.2. The Hall–Kier alpha value is -1.26. The van der Waals surface area contributed by atoms with Crippen molar-refractivity contribution < 1.29 is 14.6 Å². The van der Waals surface area contributed by atoms with Crippen molar-refractivity contribution >= 4 is 0 Å². The zero-order chi connectivity index (χ0) is 13.8. The molecule has 0 fully saturated rings. The molecule has 0 aliphatic rings. The molecule has 0 bridgehead atoms. The molecule has 0 saturated carbocycles. The average Bonchev–Trinajstić information content (AvgIpc) is 2.34. The highest BCUT2D eigenvalue weighted by Gasteiger charge is 2.16. The third-order valence-electron chi connectivity index (χ3n) is 2.70. The van der Waals surface area contributed by atoms with Crippen molar-refractivity contribution in [3.05, 3.63) is 23.8 Å². The van der Waals surface area contributed by atoms with E-state index in [9.17, 15) is 5.11 Å². The summed E-state index contributed by atoms with van der Waals surface area (Å²) in [5.41, 5.74) is 0.270. The van der Waals surface area contributed by atoms with Crippen molar-refractivity contribution in [1.29, 1.82) is 0 Å². The van der Waals surface area contributed by atoms with Crippen LogP contribution in [0.4, 0.5) is 0 Å². The van der Waals surface area contributed by atoms with Crippen LogP contribution in [0.2, 0.25) is 0 Å². The van der Waals surface area contributed by atoms with Gasteiger partial charge in [-0.15, -0.1) is 0 Å². The molecule has 0 amide bonds. The zero-order valence-electron chi connectivity index (χ0n) is 11.8. The molecular weight excluding hydrogens is 230 g/mol. The van der Waals surface area contributed by atoms with E-state index in [0.717, 1.165) is 5.56 Å². The van der Waals surface area contributed by atoms with Gasteiger partial charge < -0.3 is 19.9 Å². The van der Waals surface area contributed by atoms with Crippen molar-refractivity contribution in [2.45, 2.75) is 32.4 Å². The first-order valence-corrected chi connectivity index (χ1v) is 6.08. The van der Waals surface area contributed by atoms with Gasteiger partial charge in [0.05, 0.1) is 12.7 Å². The topological polar surface area (TPSA) is 50.7 Å². The van der Waals surface area contributed by atoms with Crippen molar-refractivity contribution in [2.24, 2.45) is 0 Å². The Morgan fingerprint density at radius 1 is 1.33 bits per heavy atom. The summed E-state index contributed by atoms with van der Waals surface area (Å²) >= 11 is 0. The molecule has 0 heterocycles. The maximum absolute atomic E-state index is 9.65. The van der Waals surface area contributed by atoms with Crippen LogP contribution < -0.4 is 14.8 Å². The molecule has 0 saturated heterocycles. The lowest BCUT2D eigenvalue weighted by molar-refractivity contribution is 0.0276. The standard InChI is InChI=1S/C14H23NO3/c1-10(15-4)11-6-7-12(13(8-11)17-5)18-9-14(2,3)16/h6-8,10,15-16H,9H2,1-5H3. The molecule has 1 rings (SSSR count). The largest absolute Gasteiger partial charge is 0.493 e. The lowest BCUT2D eigenvalue weighted by Crippen LogP contribution is -2.28. The maximum Gasteiger partial charge on any atom is 0.161 e. The van der Waals surface area contributed by atoms with Gasteiger partial charge in [-0.3, -0.25) is 0 Å². The maximum atomic E-state index is 9.65. The van der Waals surface area contributed by atoms with Gasteiger partial charge in [-0.05, 0) is 45.5 Å². The average molecular weight is 253 g/mol. The number of aliphatic hydroxyl groups is 1. The Morgan fingerprint density at radius 2 is 2.00 bits per heavy atom. The summed E-state index contributed by atoms with van der Waals surface area (Å²) in [5.74, 6) is 1.32. The molecule has 18 heavy (non-hydrogen) atoms. The first kappa shape index (κ1) is 14.8. The third-order valence-corrected chi connectivity index (χ3v) is 2.70. The molecule has 102 valence electrons. The van der Waals surface area contributed by atoms with E-state index >= 15 is 0 Å². The van der Waals surface area contributed by atoms with E-state index < -0.39 is 5.60 Å². The third kappa shape index (κ3) is 4.20. The van der Waals surface area contributed by atoms with Gasteiger partial charge in [-0.1, -0.05) is 6.07 Å². The molecular formula is C14H23NO3. The molecule has 1 aromatic carbocycles. The molecule has 0 aliphatic heterocycles. The minimum absolute atomic E-state index is 0.226. The molecule has 0 aromatic heterocycles. The van der Waals surface area contributed by atoms with Crippen LogP contribution in [-0.4, -0.2) is 31.5 Å². The number of ether oxygens (including phenoxy) is 2. The first-order chi connectivity index (χ1) is 8.37. The number of rotatable bonds is 6. The Bertz CT molecular complexity index is 385. The summed E-state index contributed by atoms with van der Waals surface area (Å²) in [7, 11) is 3.52. The monoisotopic (exact) mass is 253 g/mol. The second-order valence-electron chi connectivity index (χ2n) is 5.02. The predicted molar refractivity (Wildman–Crippen MR) is 72.3 cm³/mol. The van der Waals surface area contributed by atoms with Crippen LogP contribution in [0.5, 0.6) is 11.5 Å². The molecule has 0 radical (unpaired) electrons. The fourth-order valence-electron chi connectivity index (χ4n) is 1.49. The van der Waals surface area contributed by atoms with Gasteiger partial charge in [0.1, 0.15) is 6.61 Å². The second kappa shape index (κ2) is 6.07. The molecule has 0 aliphatic carbocycles. The van der Waals surface area contributed by atoms with E-state index in [0.29, 0.717) is 11.5 Å². The quantitative estimate of drug-likeness (QED) is 0.815. The molecule has 1 aromatic rings. The minimum atomic E-state index is -0.859. The van der Waals surface area contributed by atoms with Crippen molar-refractivity contribution in [3.63, 3.8) is 0 Å². The summed E-state index contributed by atoms with van der Waals surface area (Å²) in [5, 5.41) is 12.8. The summed E-state index contributed by atoms with van der Waals surface area (Å²) < 4.78 is 10.9. The summed E-state index contributed by atoms with van der Waals surface area (Å²) in [6.07, 6.45) is 0. The van der Waals surface area contributed by atoms with Gasteiger partial charge in [0.2, 0.25) is 0 Å². The van der Waals surface area contributed by atoms with Crippen LogP contribution in [0, 0.1) is 0 Å². The van der Waals surface area contributed by atoms with Gasteiger partial charge in [-0.25, -0.2) is 0 Å². The SMILES string of the molecule is CNC(C)c1ccc(OCC(C)(C)O)c(OC)c1. The highest BCUT2D eigenvalue weighted by atomic mass is 16.5. The van der Waals surface area contributed by atoms with Gasteiger partial charge in [-0.2, -0.15) is 0 Å². The van der Waals surface area contributed by atoms with E-state index in [1.807, 2.05) is 25.2 Å². The van der Waals surface area contributed by atoms with E-state index in [1.165, 1.54) is 0 Å². The van der Waals surface area contributed by atoms with Crippen LogP contribution >= 0.6 is 0 Å². The van der Waals surface area contributed by atoms with E-state index in [2.05, 4.69) is 12.2 Å². The molecule has 2 N–H and O–H groups in total. The van der Waals surface area contributed by atoms with Crippen LogP contribution in [-0.2, 0) is 0 Å². The number of methoxy groups -OCH3 is 1. The van der Waals surface area contributed by atoms with Crippen molar-refractivity contribution in [3.8, 4) is 11.5 Å². The summed E-state index contributed by atoms with van der Waals surface area (Å²) in [4.78, 5) is 0. The Kier molecular flexibility index (Phi) is 4.99. The fourth-order valence-corrected chi connectivity index (χ4v) is 1.49. The van der Waals surface area contributed by atoms with Crippen LogP contribution in [0.15, 0.2) is 18.2 Å². The molecule has 1 unspecified atom stereocenters.